The molecular weight excluding hydrogens is 364 g/mol. The molecule has 1 N–H and O–H groups in total. The fourth-order valence-electron chi connectivity index (χ4n) is 5.04. The molecule has 4 rings (SSSR count). The zero-order chi connectivity index (χ0) is 18.2. The molecule has 1 spiro atoms. The number of carbonyl (C=O) groups is 1. The van der Waals surface area contributed by atoms with Crippen LogP contribution in [0, 0.1) is 0 Å². The van der Waals surface area contributed by atoms with Gasteiger partial charge >= 0.3 is 6.09 Å². The number of rotatable bonds is 3. The Bertz CT molecular complexity index is 638. The fourth-order valence-corrected chi connectivity index (χ4v) is 5.04. The topological polar surface area (TPSA) is 53.0 Å². The summed E-state index contributed by atoms with van der Waals surface area (Å²) in [6.07, 6.45) is 6.47. The second-order valence-corrected chi connectivity index (χ2v) is 8.31. The maximum Gasteiger partial charge on any atom is 0.413 e. The Labute approximate surface area is 168 Å². The SMILES string of the molecule is CC1(O)N(C2CCCCC2)C(=O)OC12CCN(Cc1ccccc1)CC2.Cl. The minimum atomic E-state index is -1.22. The van der Waals surface area contributed by atoms with Crippen molar-refractivity contribution >= 4 is 18.5 Å². The van der Waals surface area contributed by atoms with Crippen molar-refractivity contribution < 1.29 is 14.6 Å². The molecule has 0 bridgehead atoms. The summed E-state index contributed by atoms with van der Waals surface area (Å²) in [5.41, 5.74) is -0.693. The lowest BCUT2D eigenvalue weighted by Crippen LogP contribution is -2.62. The van der Waals surface area contributed by atoms with E-state index in [1.807, 2.05) is 6.07 Å². The smallest absolute Gasteiger partial charge is 0.413 e. The first-order valence-electron chi connectivity index (χ1n) is 10.0. The lowest BCUT2D eigenvalue weighted by Gasteiger charge is -2.46. The number of halogens is 1. The summed E-state index contributed by atoms with van der Waals surface area (Å²) >= 11 is 0. The Morgan fingerprint density at radius 1 is 1.11 bits per heavy atom. The summed E-state index contributed by atoms with van der Waals surface area (Å²) in [4.78, 5) is 16.7. The average molecular weight is 395 g/mol. The summed E-state index contributed by atoms with van der Waals surface area (Å²) in [6, 6.07) is 10.6. The van der Waals surface area contributed by atoms with Gasteiger partial charge in [0.25, 0.3) is 0 Å². The third-order valence-corrected chi connectivity index (χ3v) is 6.66. The van der Waals surface area contributed by atoms with Crippen LogP contribution in [0.2, 0.25) is 0 Å². The lowest BCUT2D eigenvalue weighted by molar-refractivity contribution is -0.174. The van der Waals surface area contributed by atoms with Gasteiger partial charge in [0.1, 0.15) is 0 Å². The maximum absolute atomic E-state index is 12.7. The zero-order valence-corrected chi connectivity index (χ0v) is 16.9. The second-order valence-electron chi connectivity index (χ2n) is 8.31. The number of nitrogens with zero attached hydrogens (tertiary/aromatic N) is 2. The number of carbonyl (C=O) groups excluding carboxylic acids is 1. The molecule has 5 nitrogen and oxygen atoms in total. The largest absolute Gasteiger partial charge is 0.437 e. The highest BCUT2D eigenvalue weighted by Crippen LogP contribution is 2.47. The molecule has 3 fully saturated rings. The molecule has 1 saturated carbocycles. The third-order valence-electron chi connectivity index (χ3n) is 6.66. The number of amides is 1. The van der Waals surface area contributed by atoms with E-state index in [1.165, 1.54) is 12.0 Å². The molecule has 1 atom stereocenters. The van der Waals surface area contributed by atoms with E-state index in [-0.39, 0.29) is 24.5 Å². The number of likely N-dealkylation sites (tertiary alicyclic amines) is 1. The highest BCUT2D eigenvalue weighted by atomic mass is 35.5. The van der Waals surface area contributed by atoms with Crippen molar-refractivity contribution in [2.24, 2.45) is 0 Å². The van der Waals surface area contributed by atoms with Crippen molar-refractivity contribution in [2.75, 3.05) is 13.1 Å². The average Bonchev–Trinajstić information content (AvgIpc) is 2.84. The van der Waals surface area contributed by atoms with Gasteiger partial charge in [-0.25, -0.2) is 4.79 Å². The van der Waals surface area contributed by atoms with Crippen LogP contribution in [0.25, 0.3) is 0 Å². The summed E-state index contributed by atoms with van der Waals surface area (Å²) in [6.45, 7) is 4.35. The molecule has 1 unspecified atom stereocenters. The normalized spacial score (nSPS) is 28.8. The van der Waals surface area contributed by atoms with Gasteiger partial charge < -0.3 is 9.84 Å². The highest BCUT2D eigenvalue weighted by molar-refractivity contribution is 5.85. The summed E-state index contributed by atoms with van der Waals surface area (Å²) in [7, 11) is 0. The Morgan fingerprint density at radius 3 is 2.37 bits per heavy atom. The van der Waals surface area contributed by atoms with Gasteiger partial charge in [-0.1, -0.05) is 49.6 Å². The second kappa shape index (κ2) is 7.98. The number of hydrogen-bond acceptors (Lipinski definition) is 4. The molecule has 27 heavy (non-hydrogen) atoms. The molecule has 1 amide bonds. The Morgan fingerprint density at radius 2 is 1.74 bits per heavy atom. The van der Waals surface area contributed by atoms with Crippen LogP contribution in [0.4, 0.5) is 4.79 Å². The van der Waals surface area contributed by atoms with Gasteiger partial charge in [0.2, 0.25) is 0 Å². The van der Waals surface area contributed by atoms with Gasteiger partial charge in [-0.05, 0) is 25.3 Å². The molecule has 1 aliphatic carbocycles. The Balaban J connectivity index is 0.00000210. The van der Waals surface area contributed by atoms with E-state index in [0.717, 1.165) is 45.3 Å². The van der Waals surface area contributed by atoms with Crippen molar-refractivity contribution in [3.8, 4) is 0 Å². The molecule has 2 aliphatic heterocycles. The van der Waals surface area contributed by atoms with Gasteiger partial charge in [-0.2, -0.15) is 0 Å². The van der Waals surface area contributed by atoms with Crippen molar-refractivity contribution in [3.05, 3.63) is 35.9 Å². The maximum atomic E-state index is 12.7. The number of ether oxygens (including phenoxy) is 1. The molecule has 2 saturated heterocycles. The van der Waals surface area contributed by atoms with Crippen LogP contribution in [-0.2, 0) is 11.3 Å². The van der Waals surface area contributed by atoms with Gasteiger partial charge in [0.05, 0.1) is 0 Å². The van der Waals surface area contributed by atoms with E-state index in [0.29, 0.717) is 12.8 Å². The number of benzene rings is 1. The van der Waals surface area contributed by atoms with E-state index in [2.05, 4.69) is 29.2 Å². The molecule has 2 heterocycles. The van der Waals surface area contributed by atoms with Gasteiger partial charge in [0, 0.05) is 38.5 Å². The molecule has 1 aromatic carbocycles. The van der Waals surface area contributed by atoms with Crippen LogP contribution < -0.4 is 0 Å². The summed E-state index contributed by atoms with van der Waals surface area (Å²) in [5, 5.41) is 11.4. The van der Waals surface area contributed by atoms with E-state index in [4.69, 9.17) is 4.74 Å². The minimum absolute atomic E-state index is 0. The number of aliphatic hydroxyl groups is 1. The van der Waals surface area contributed by atoms with E-state index >= 15 is 0 Å². The summed E-state index contributed by atoms with van der Waals surface area (Å²) in [5.74, 6) is 0. The summed E-state index contributed by atoms with van der Waals surface area (Å²) < 4.78 is 5.88. The minimum Gasteiger partial charge on any atom is -0.437 e. The molecule has 0 radical (unpaired) electrons. The van der Waals surface area contributed by atoms with Crippen LogP contribution >= 0.6 is 12.4 Å². The van der Waals surface area contributed by atoms with Crippen LogP contribution in [-0.4, -0.2) is 51.5 Å². The Hall–Kier alpha value is -1.30. The van der Waals surface area contributed by atoms with Crippen LogP contribution in [0.5, 0.6) is 0 Å². The predicted molar refractivity (Wildman–Crippen MR) is 107 cm³/mol. The monoisotopic (exact) mass is 394 g/mol. The highest BCUT2D eigenvalue weighted by Gasteiger charge is 2.63. The Kier molecular flexibility index (Phi) is 6.04. The molecule has 3 aliphatic rings. The number of hydrogen-bond donors (Lipinski definition) is 1. The first-order chi connectivity index (χ1) is 12.5. The van der Waals surface area contributed by atoms with E-state index in [9.17, 15) is 9.90 Å². The van der Waals surface area contributed by atoms with Crippen LogP contribution in [0.1, 0.15) is 57.4 Å². The fraction of sp³-hybridized carbons (Fsp3) is 0.667. The standard InChI is InChI=1S/C21H30N2O3.ClH/c1-20(25)21(26-19(24)23(20)18-10-6-3-7-11-18)12-14-22(15-13-21)16-17-8-4-2-5-9-17;/h2,4-5,8-9,18,25H,3,6-7,10-16H2,1H3;1H. The van der Waals surface area contributed by atoms with Crippen molar-refractivity contribution in [1.82, 2.24) is 9.80 Å². The van der Waals surface area contributed by atoms with E-state index < -0.39 is 11.3 Å². The zero-order valence-electron chi connectivity index (χ0n) is 16.1. The van der Waals surface area contributed by atoms with Gasteiger partial charge in [0.15, 0.2) is 11.3 Å². The van der Waals surface area contributed by atoms with Crippen molar-refractivity contribution in [3.63, 3.8) is 0 Å². The van der Waals surface area contributed by atoms with Crippen LogP contribution in [0.15, 0.2) is 30.3 Å². The van der Waals surface area contributed by atoms with Gasteiger partial charge in [-0.3, -0.25) is 9.80 Å². The molecular formula is C21H31ClN2O3. The first-order valence-corrected chi connectivity index (χ1v) is 10.0. The quantitative estimate of drug-likeness (QED) is 0.843. The molecule has 0 aromatic heterocycles. The van der Waals surface area contributed by atoms with Crippen LogP contribution in [0.3, 0.4) is 0 Å². The first kappa shape index (κ1) is 20.4. The molecule has 1 aromatic rings. The van der Waals surface area contributed by atoms with Gasteiger partial charge in [-0.15, -0.1) is 12.4 Å². The van der Waals surface area contributed by atoms with Crippen molar-refractivity contribution in [1.29, 1.82) is 0 Å². The lowest BCUT2D eigenvalue weighted by atomic mass is 9.80. The third kappa shape index (κ3) is 3.69. The molecule has 150 valence electrons. The number of piperidine rings is 1. The van der Waals surface area contributed by atoms with E-state index in [1.54, 1.807) is 11.8 Å². The predicted octanol–water partition coefficient (Wildman–Crippen LogP) is 3.94. The molecule has 6 heteroatoms. The van der Waals surface area contributed by atoms with Crippen molar-refractivity contribution in [2.45, 2.75) is 75.8 Å².